The normalized spacial score (nSPS) is 23.0. The Bertz CT molecular complexity index is 423. The summed E-state index contributed by atoms with van der Waals surface area (Å²) in [6.45, 7) is 0.961. The number of hydrogen-bond acceptors (Lipinski definition) is 2. The van der Waals surface area contributed by atoms with Crippen molar-refractivity contribution in [1.82, 2.24) is 5.32 Å². The van der Waals surface area contributed by atoms with Gasteiger partial charge in [0.1, 0.15) is 11.9 Å². The number of hydrogen-bond donors (Lipinski definition) is 1. The molecule has 3 rings (SSSR count). The zero-order valence-electron chi connectivity index (χ0n) is 10.8. The van der Waals surface area contributed by atoms with Gasteiger partial charge >= 0.3 is 0 Å². The SMILES string of the molecule is C1=CC(Oc2cccc(CNC3CC3)c2)CCC1. The Hall–Kier alpha value is -1.28. The summed E-state index contributed by atoms with van der Waals surface area (Å²) in [7, 11) is 0. The Kier molecular flexibility index (Phi) is 3.65. The Labute approximate surface area is 109 Å². The van der Waals surface area contributed by atoms with E-state index in [-0.39, 0.29) is 6.10 Å². The molecule has 1 aromatic carbocycles. The minimum atomic E-state index is 0.269. The highest BCUT2D eigenvalue weighted by Crippen LogP contribution is 2.22. The first kappa shape index (κ1) is 11.8. The summed E-state index contributed by atoms with van der Waals surface area (Å²) in [5.74, 6) is 1.00. The largest absolute Gasteiger partial charge is 0.486 e. The molecule has 18 heavy (non-hydrogen) atoms. The second-order valence-electron chi connectivity index (χ2n) is 5.32. The van der Waals surface area contributed by atoms with Gasteiger partial charge in [0.25, 0.3) is 0 Å². The van der Waals surface area contributed by atoms with E-state index in [0.717, 1.165) is 24.8 Å². The van der Waals surface area contributed by atoms with Crippen LogP contribution in [-0.2, 0) is 6.54 Å². The van der Waals surface area contributed by atoms with E-state index in [2.05, 4.69) is 41.7 Å². The van der Waals surface area contributed by atoms with Crippen LogP contribution < -0.4 is 10.1 Å². The Balaban J connectivity index is 1.58. The number of ether oxygens (including phenoxy) is 1. The van der Waals surface area contributed by atoms with Gasteiger partial charge in [0.15, 0.2) is 0 Å². The summed E-state index contributed by atoms with van der Waals surface area (Å²) in [5, 5.41) is 3.53. The van der Waals surface area contributed by atoms with Crippen LogP contribution in [0.2, 0.25) is 0 Å². The van der Waals surface area contributed by atoms with Gasteiger partial charge in [-0.25, -0.2) is 0 Å². The van der Waals surface area contributed by atoms with E-state index in [0.29, 0.717) is 0 Å². The van der Waals surface area contributed by atoms with Crippen molar-refractivity contribution in [2.75, 3.05) is 0 Å². The summed E-state index contributed by atoms with van der Waals surface area (Å²) < 4.78 is 6.00. The van der Waals surface area contributed by atoms with E-state index in [1.807, 2.05) is 0 Å². The van der Waals surface area contributed by atoms with Crippen molar-refractivity contribution in [2.24, 2.45) is 0 Å². The van der Waals surface area contributed by atoms with Crippen LogP contribution in [0.15, 0.2) is 36.4 Å². The molecule has 0 spiro atoms. The molecular weight excluding hydrogens is 222 g/mol. The number of rotatable bonds is 5. The first-order chi connectivity index (χ1) is 8.90. The predicted octanol–water partition coefficient (Wildman–Crippen LogP) is 3.43. The molecule has 0 aromatic heterocycles. The maximum atomic E-state index is 6.00. The molecule has 2 heteroatoms. The van der Waals surface area contributed by atoms with Gasteiger partial charge in [0.05, 0.1) is 0 Å². The maximum absolute atomic E-state index is 6.00. The molecule has 0 radical (unpaired) electrons. The van der Waals surface area contributed by atoms with Crippen molar-refractivity contribution in [3.05, 3.63) is 42.0 Å². The standard InChI is InChI=1S/C16H21NO/c1-2-6-15(7-3-1)18-16-8-4-5-13(11-16)12-17-14-9-10-14/h2,4-6,8,11,14-15,17H,1,3,7,9-10,12H2. The Morgan fingerprint density at radius 2 is 2.17 bits per heavy atom. The van der Waals surface area contributed by atoms with Crippen molar-refractivity contribution < 1.29 is 4.74 Å². The number of allylic oxidation sites excluding steroid dienone is 1. The zero-order valence-corrected chi connectivity index (χ0v) is 10.8. The summed E-state index contributed by atoms with van der Waals surface area (Å²) in [6, 6.07) is 9.24. The molecule has 0 aliphatic heterocycles. The van der Waals surface area contributed by atoms with Crippen LogP contribution in [0.3, 0.4) is 0 Å². The lowest BCUT2D eigenvalue weighted by Crippen LogP contribution is -2.17. The molecule has 0 heterocycles. The molecule has 2 nitrogen and oxygen atoms in total. The Morgan fingerprint density at radius 3 is 2.94 bits per heavy atom. The highest BCUT2D eigenvalue weighted by Gasteiger charge is 2.20. The average molecular weight is 243 g/mol. The summed E-state index contributed by atoms with van der Waals surface area (Å²) in [6.07, 6.45) is 10.9. The molecule has 96 valence electrons. The van der Waals surface area contributed by atoms with Crippen LogP contribution >= 0.6 is 0 Å². The highest BCUT2D eigenvalue weighted by molar-refractivity contribution is 5.29. The maximum Gasteiger partial charge on any atom is 0.120 e. The monoisotopic (exact) mass is 243 g/mol. The fraction of sp³-hybridized carbons (Fsp3) is 0.500. The van der Waals surface area contributed by atoms with Gasteiger partial charge in [-0.2, -0.15) is 0 Å². The molecule has 1 saturated carbocycles. The van der Waals surface area contributed by atoms with Gasteiger partial charge in [-0.3, -0.25) is 0 Å². The fourth-order valence-corrected chi connectivity index (χ4v) is 2.33. The minimum absolute atomic E-state index is 0.269. The lowest BCUT2D eigenvalue weighted by Gasteiger charge is -2.18. The van der Waals surface area contributed by atoms with Crippen LogP contribution in [0.25, 0.3) is 0 Å². The van der Waals surface area contributed by atoms with Gasteiger partial charge < -0.3 is 10.1 Å². The van der Waals surface area contributed by atoms with E-state index in [1.54, 1.807) is 0 Å². The molecule has 2 aliphatic carbocycles. The molecule has 0 amide bonds. The molecule has 0 bridgehead atoms. The van der Waals surface area contributed by atoms with Gasteiger partial charge in [-0.1, -0.05) is 18.2 Å². The van der Waals surface area contributed by atoms with Crippen molar-refractivity contribution in [3.63, 3.8) is 0 Å². The van der Waals surface area contributed by atoms with Crippen LogP contribution in [0, 0.1) is 0 Å². The van der Waals surface area contributed by atoms with Crippen LogP contribution in [0.1, 0.15) is 37.7 Å². The molecule has 0 saturated heterocycles. The summed E-state index contributed by atoms with van der Waals surface area (Å²) in [5.41, 5.74) is 1.32. The number of nitrogens with one attached hydrogen (secondary N) is 1. The lowest BCUT2D eigenvalue weighted by molar-refractivity contribution is 0.229. The Morgan fingerprint density at radius 1 is 1.22 bits per heavy atom. The molecule has 1 fully saturated rings. The van der Waals surface area contributed by atoms with Gasteiger partial charge in [0.2, 0.25) is 0 Å². The zero-order chi connectivity index (χ0) is 12.2. The summed E-state index contributed by atoms with van der Waals surface area (Å²) >= 11 is 0. The third-order valence-electron chi connectivity index (χ3n) is 3.57. The van der Waals surface area contributed by atoms with Crippen LogP contribution in [0.5, 0.6) is 5.75 Å². The second-order valence-corrected chi connectivity index (χ2v) is 5.32. The highest BCUT2D eigenvalue weighted by atomic mass is 16.5. The topological polar surface area (TPSA) is 21.3 Å². The van der Waals surface area contributed by atoms with Crippen molar-refractivity contribution in [1.29, 1.82) is 0 Å². The average Bonchev–Trinajstić information content (AvgIpc) is 3.22. The molecule has 1 aromatic rings. The molecule has 1 N–H and O–H groups in total. The number of benzene rings is 1. The second kappa shape index (κ2) is 5.57. The minimum Gasteiger partial charge on any atom is -0.486 e. The van der Waals surface area contributed by atoms with Gasteiger partial charge in [-0.15, -0.1) is 0 Å². The molecular formula is C16H21NO. The summed E-state index contributed by atoms with van der Waals surface area (Å²) in [4.78, 5) is 0. The van der Waals surface area contributed by atoms with Crippen molar-refractivity contribution >= 4 is 0 Å². The van der Waals surface area contributed by atoms with Gasteiger partial charge in [0, 0.05) is 12.6 Å². The predicted molar refractivity (Wildman–Crippen MR) is 73.7 cm³/mol. The quantitative estimate of drug-likeness (QED) is 0.800. The third-order valence-corrected chi connectivity index (χ3v) is 3.57. The van der Waals surface area contributed by atoms with E-state index in [9.17, 15) is 0 Å². The smallest absolute Gasteiger partial charge is 0.120 e. The van der Waals surface area contributed by atoms with Crippen LogP contribution in [-0.4, -0.2) is 12.1 Å². The first-order valence-corrected chi connectivity index (χ1v) is 7.06. The van der Waals surface area contributed by atoms with E-state index in [4.69, 9.17) is 4.74 Å². The van der Waals surface area contributed by atoms with Crippen molar-refractivity contribution in [2.45, 2.75) is 50.8 Å². The molecule has 1 atom stereocenters. The van der Waals surface area contributed by atoms with Crippen LogP contribution in [0.4, 0.5) is 0 Å². The first-order valence-electron chi connectivity index (χ1n) is 7.06. The van der Waals surface area contributed by atoms with Crippen molar-refractivity contribution in [3.8, 4) is 5.75 Å². The molecule has 1 unspecified atom stereocenters. The van der Waals surface area contributed by atoms with E-state index >= 15 is 0 Å². The lowest BCUT2D eigenvalue weighted by atomic mass is 10.1. The third kappa shape index (κ3) is 3.36. The fourth-order valence-electron chi connectivity index (χ4n) is 2.33. The van der Waals surface area contributed by atoms with Gasteiger partial charge in [-0.05, 0) is 55.9 Å². The van der Waals surface area contributed by atoms with E-state index < -0.39 is 0 Å². The molecule has 2 aliphatic rings. The van der Waals surface area contributed by atoms with E-state index in [1.165, 1.54) is 31.2 Å².